The summed E-state index contributed by atoms with van der Waals surface area (Å²) in [4.78, 5) is 21.8. The molecule has 0 fully saturated rings. The maximum atomic E-state index is 13.2. The molecule has 1 aromatic rings. The van der Waals surface area contributed by atoms with Crippen molar-refractivity contribution < 1.29 is 18.5 Å². The highest BCUT2D eigenvalue weighted by Crippen LogP contribution is 2.22. The molecule has 116 valence electrons. The summed E-state index contributed by atoms with van der Waals surface area (Å²) in [5.41, 5.74) is 4.02. The van der Waals surface area contributed by atoms with Crippen molar-refractivity contribution >= 4 is 11.6 Å². The van der Waals surface area contributed by atoms with Gasteiger partial charge in [0.15, 0.2) is 11.6 Å². The Kier molecular flexibility index (Phi) is 5.31. The quantitative estimate of drug-likeness (QED) is 0.621. The molecule has 0 aliphatic carbocycles. The Labute approximate surface area is 120 Å². The van der Waals surface area contributed by atoms with E-state index in [1.165, 1.54) is 0 Å². The highest BCUT2D eigenvalue weighted by molar-refractivity contribution is 5.98. The van der Waals surface area contributed by atoms with Crippen molar-refractivity contribution in [1.29, 1.82) is 0 Å². The molecule has 0 spiro atoms. The first kappa shape index (κ1) is 17.0. The van der Waals surface area contributed by atoms with Gasteiger partial charge in [-0.2, -0.15) is 0 Å². The fraction of sp³-hybridized carbons (Fsp3) is 0.462. The average Bonchev–Trinajstić information content (AvgIpc) is 2.46. The molecule has 0 atom stereocenters. The van der Waals surface area contributed by atoms with E-state index >= 15 is 0 Å². The van der Waals surface area contributed by atoms with Gasteiger partial charge in [-0.05, 0) is 18.9 Å². The van der Waals surface area contributed by atoms with Crippen LogP contribution in [0.25, 0.3) is 0 Å². The maximum Gasteiger partial charge on any atom is 0.285 e. The molecule has 0 radical (unpaired) electrons. The van der Waals surface area contributed by atoms with Gasteiger partial charge in [-0.3, -0.25) is 14.9 Å². The molecule has 0 saturated carbocycles. The van der Waals surface area contributed by atoms with Crippen molar-refractivity contribution in [2.75, 3.05) is 6.54 Å². The minimum Gasteiger partial charge on any atom is -0.350 e. The molecule has 3 N–H and O–H groups in total. The van der Waals surface area contributed by atoms with E-state index in [2.05, 4.69) is 5.32 Å². The van der Waals surface area contributed by atoms with Gasteiger partial charge in [0.2, 0.25) is 0 Å². The number of amides is 1. The van der Waals surface area contributed by atoms with Crippen LogP contribution in [-0.4, -0.2) is 22.9 Å². The zero-order valence-corrected chi connectivity index (χ0v) is 11.8. The number of rotatable bonds is 6. The number of nitrogens with two attached hydrogens (primary N) is 1. The maximum absolute atomic E-state index is 13.2. The molecule has 0 aromatic heterocycles. The first-order valence-corrected chi connectivity index (χ1v) is 6.44. The number of nitro groups is 1. The number of carbonyl (C=O) groups excluding carboxylic acids is 1. The van der Waals surface area contributed by atoms with E-state index in [1.54, 1.807) is 0 Å². The number of benzene rings is 1. The molecule has 0 saturated heterocycles. The fourth-order valence-corrected chi connectivity index (χ4v) is 1.72. The smallest absolute Gasteiger partial charge is 0.285 e. The summed E-state index contributed by atoms with van der Waals surface area (Å²) in [5.74, 6) is -3.57. The van der Waals surface area contributed by atoms with Gasteiger partial charge in [0, 0.05) is 12.1 Å². The molecule has 1 aromatic carbocycles. The lowest BCUT2D eigenvalue weighted by molar-refractivity contribution is -0.385. The summed E-state index contributed by atoms with van der Waals surface area (Å²) in [6, 6.07) is 0.901. The molecule has 21 heavy (non-hydrogen) atoms. The van der Waals surface area contributed by atoms with Crippen LogP contribution >= 0.6 is 0 Å². The molecule has 0 bridgehead atoms. The van der Waals surface area contributed by atoms with E-state index in [4.69, 9.17) is 5.73 Å². The summed E-state index contributed by atoms with van der Waals surface area (Å²) in [7, 11) is 0. The second kappa shape index (κ2) is 6.57. The third-order valence-electron chi connectivity index (χ3n) is 3.49. The first-order valence-electron chi connectivity index (χ1n) is 6.44. The highest BCUT2D eigenvalue weighted by Gasteiger charge is 2.26. The Hall–Kier alpha value is -2.09. The SMILES string of the molecule is CCC(N)(CC)CNC(=O)c1cc(F)c(F)cc1[N+](=O)[O-]. The van der Waals surface area contributed by atoms with Crippen LogP contribution in [0.15, 0.2) is 12.1 Å². The van der Waals surface area contributed by atoms with E-state index < -0.39 is 39.3 Å². The number of nitrogens with zero attached hydrogens (tertiary/aromatic N) is 1. The van der Waals surface area contributed by atoms with Crippen LogP contribution < -0.4 is 11.1 Å². The lowest BCUT2D eigenvalue weighted by atomic mass is 9.94. The van der Waals surface area contributed by atoms with Crippen LogP contribution in [0.2, 0.25) is 0 Å². The second-order valence-electron chi connectivity index (χ2n) is 4.79. The summed E-state index contributed by atoms with van der Waals surface area (Å²) in [6.07, 6.45) is 1.17. The van der Waals surface area contributed by atoms with Crippen molar-refractivity contribution in [3.05, 3.63) is 39.4 Å². The number of hydrogen-bond donors (Lipinski definition) is 2. The first-order chi connectivity index (χ1) is 9.74. The molecule has 6 nitrogen and oxygen atoms in total. The summed E-state index contributed by atoms with van der Waals surface area (Å²) >= 11 is 0. The van der Waals surface area contributed by atoms with Crippen molar-refractivity contribution in [1.82, 2.24) is 5.32 Å². The largest absolute Gasteiger partial charge is 0.350 e. The predicted molar refractivity (Wildman–Crippen MR) is 72.8 cm³/mol. The van der Waals surface area contributed by atoms with Crippen molar-refractivity contribution in [2.24, 2.45) is 5.73 Å². The van der Waals surface area contributed by atoms with Crippen LogP contribution in [-0.2, 0) is 0 Å². The number of hydrogen-bond acceptors (Lipinski definition) is 4. The van der Waals surface area contributed by atoms with E-state index in [9.17, 15) is 23.7 Å². The highest BCUT2D eigenvalue weighted by atomic mass is 19.2. The number of carbonyl (C=O) groups is 1. The van der Waals surface area contributed by atoms with Gasteiger partial charge in [-0.25, -0.2) is 8.78 Å². The van der Waals surface area contributed by atoms with Gasteiger partial charge in [-0.15, -0.1) is 0 Å². The van der Waals surface area contributed by atoms with Gasteiger partial charge < -0.3 is 11.1 Å². The molecule has 1 amide bonds. The van der Waals surface area contributed by atoms with Crippen molar-refractivity contribution in [3.8, 4) is 0 Å². The molecule has 0 aliphatic rings. The van der Waals surface area contributed by atoms with Crippen LogP contribution in [0.5, 0.6) is 0 Å². The molecular formula is C13H17F2N3O3. The minimum atomic E-state index is -1.38. The van der Waals surface area contributed by atoms with Gasteiger partial charge in [0.1, 0.15) is 5.56 Å². The van der Waals surface area contributed by atoms with Gasteiger partial charge in [-0.1, -0.05) is 13.8 Å². The van der Waals surface area contributed by atoms with Crippen LogP contribution in [0.4, 0.5) is 14.5 Å². The topological polar surface area (TPSA) is 98.3 Å². The Morgan fingerprint density at radius 2 is 1.86 bits per heavy atom. The lowest BCUT2D eigenvalue weighted by Crippen LogP contribution is -2.49. The predicted octanol–water partition coefficient (Wildman–Crippen LogP) is 2.12. The monoisotopic (exact) mass is 301 g/mol. The van der Waals surface area contributed by atoms with Crippen molar-refractivity contribution in [3.63, 3.8) is 0 Å². The van der Waals surface area contributed by atoms with Gasteiger partial charge >= 0.3 is 0 Å². The standard InChI is InChI=1S/C13H17F2N3O3/c1-3-13(16,4-2)7-17-12(19)8-5-9(14)10(15)6-11(8)18(20)21/h5-6H,3-4,7,16H2,1-2H3,(H,17,19). The van der Waals surface area contributed by atoms with Gasteiger partial charge in [0.05, 0.1) is 11.0 Å². The summed E-state index contributed by atoms with van der Waals surface area (Å²) in [5, 5.41) is 13.2. The molecule has 1 rings (SSSR count). The zero-order chi connectivity index (χ0) is 16.2. The third kappa shape index (κ3) is 3.94. The fourth-order valence-electron chi connectivity index (χ4n) is 1.72. The van der Waals surface area contributed by atoms with Crippen LogP contribution in [0.1, 0.15) is 37.0 Å². The number of nitrogens with one attached hydrogen (secondary N) is 1. The number of nitro benzene ring substituents is 1. The zero-order valence-electron chi connectivity index (χ0n) is 11.8. The molecule has 0 heterocycles. The van der Waals surface area contributed by atoms with E-state index in [0.717, 1.165) is 0 Å². The Morgan fingerprint density at radius 3 is 2.33 bits per heavy atom. The normalized spacial score (nSPS) is 11.3. The van der Waals surface area contributed by atoms with E-state index in [1.807, 2.05) is 13.8 Å². The van der Waals surface area contributed by atoms with Crippen LogP contribution in [0, 0.1) is 21.7 Å². The molecule has 0 aliphatic heterocycles. The Balaban J connectivity index is 3.02. The Bertz CT molecular complexity index is 560. The minimum absolute atomic E-state index is 0.0784. The number of halogens is 2. The summed E-state index contributed by atoms with van der Waals surface area (Å²) in [6.45, 7) is 3.76. The third-order valence-corrected chi connectivity index (χ3v) is 3.49. The summed E-state index contributed by atoms with van der Waals surface area (Å²) < 4.78 is 26.2. The van der Waals surface area contributed by atoms with Crippen LogP contribution in [0.3, 0.4) is 0 Å². The lowest BCUT2D eigenvalue weighted by Gasteiger charge is -2.26. The Morgan fingerprint density at radius 1 is 1.33 bits per heavy atom. The molecule has 8 heteroatoms. The van der Waals surface area contributed by atoms with E-state index in [-0.39, 0.29) is 6.54 Å². The molecular weight excluding hydrogens is 284 g/mol. The molecule has 0 unspecified atom stereocenters. The van der Waals surface area contributed by atoms with Gasteiger partial charge in [0.25, 0.3) is 11.6 Å². The average molecular weight is 301 g/mol. The van der Waals surface area contributed by atoms with E-state index in [0.29, 0.717) is 25.0 Å². The second-order valence-corrected chi connectivity index (χ2v) is 4.79. The van der Waals surface area contributed by atoms with Crippen molar-refractivity contribution in [2.45, 2.75) is 32.2 Å².